The second-order valence-corrected chi connectivity index (χ2v) is 8.35. The second kappa shape index (κ2) is 9.26. The average Bonchev–Trinajstić information content (AvgIpc) is 3.42. The van der Waals surface area contributed by atoms with Crippen LogP contribution in [0.2, 0.25) is 0 Å². The molecule has 2 fully saturated rings. The fourth-order valence-corrected chi connectivity index (χ4v) is 4.57. The summed E-state index contributed by atoms with van der Waals surface area (Å²) in [6.45, 7) is 3.43. The molecule has 11 heteroatoms. The van der Waals surface area contributed by atoms with Crippen molar-refractivity contribution in [2.24, 2.45) is 0 Å². The van der Waals surface area contributed by atoms with Crippen molar-refractivity contribution in [1.29, 1.82) is 0 Å². The van der Waals surface area contributed by atoms with Gasteiger partial charge in [-0.25, -0.2) is 9.97 Å². The summed E-state index contributed by atoms with van der Waals surface area (Å²) in [6, 6.07) is 5.16. The predicted molar refractivity (Wildman–Crippen MR) is 128 cm³/mol. The fraction of sp³-hybridized carbons (Fsp3) is 0.435. The standard InChI is InChI=1S/C23H28N8O3/c1-33-17-6-5-14(11-18(17)34-2)15-12-26-20-19(27-15)21(29-23(24)28-20)31-10-7-25-13-16(31)22(32)30-8-3-4-9-30/h5-6,11-12,16,25H,3-4,7-10,13H2,1-2H3,(H2,24,26,28,29). The van der Waals surface area contributed by atoms with Gasteiger partial charge in [0.05, 0.1) is 26.1 Å². The Morgan fingerprint density at radius 3 is 2.65 bits per heavy atom. The van der Waals surface area contributed by atoms with Crippen LogP contribution in [0.3, 0.4) is 0 Å². The number of fused-ring (bicyclic) bond motifs is 1. The topological polar surface area (TPSA) is 132 Å². The van der Waals surface area contributed by atoms with Crippen molar-refractivity contribution in [3.8, 4) is 22.8 Å². The van der Waals surface area contributed by atoms with Gasteiger partial charge in [0.2, 0.25) is 11.9 Å². The molecule has 3 N–H and O–H groups in total. The fourth-order valence-electron chi connectivity index (χ4n) is 4.57. The van der Waals surface area contributed by atoms with Gasteiger partial charge in [0.25, 0.3) is 0 Å². The third-order valence-electron chi connectivity index (χ3n) is 6.30. The molecular weight excluding hydrogens is 436 g/mol. The van der Waals surface area contributed by atoms with Gasteiger partial charge < -0.3 is 30.3 Å². The van der Waals surface area contributed by atoms with E-state index in [2.05, 4.69) is 20.3 Å². The van der Waals surface area contributed by atoms with E-state index < -0.39 is 6.04 Å². The van der Waals surface area contributed by atoms with Gasteiger partial charge in [-0.2, -0.15) is 9.97 Å². The molecule has 11 nitrogen and oxygen atoms in total. The lowest BCUT2D eigenvalue weighted by Gasteiger charge is -2.38. The maximum atomic E-state index is 13.3. The van der Waals surface area contributed by atoms with Crippen LogP contribution in [0.15, 0.2) is 24.4 Å². The maximum Gasteiger partial charge on any atom is 0.246 e. The number of aromatic nitrogens is 4. The van der Waals surface area contributed by atoms with E-state index in [1.165, 1.54) is 0 Å². The number of benzene rings is 1. The Morgan fingerprint density at radius 2 is 1.88 bits per heavy atom. The highest BCUT2D eigenvalue weighted by Gasteiger charge is 2.35. The predicted octanol–water partition coefficient (Wildman–Crippen LogP) is 1.09. The highest BCUT2D eigenvalue weighted by molar-refractivity contribution is 5.91. The summed E-state index contributed by atoms with van der Waals surface area (Å²) in [5.74, 6) is 1.94. The Bertz CT molecular complexity index is 1210. The highest BCUT2D eigenvalue weighted by Crippen LogP contribution is 2.33. The molecule has 2 aromatic heterocycles. The number of ether oxygens (including phenoxy) is 2. The van der Waals surface area contributed by atoms with Crippen molar-refractivity contribution in [1.82, 2.24) is 30.2 Å². The Morgan fingerprint density at radius 1 is 1.09 bits per heavy atom. The van der Waals surface area contributed by atoms with E-state index in [4.69, 9.17) is 20.2 Å². The zero-order valence-electron chi connectivity index (χ0n) is 19.3. The molecule has 0 spiro atoms. The zero-order chi connectivity index (χ0) is 23.7. The smallest absolute Gasteiger partial charge is 0.246 e. The molecule has 0 saturated carbocycles. The van der Waals surface area contributed by atoms with Crippen LogP contribution < -0.4 is 25.4 Å². The number of carbonyl (C=O) groups is 1. The molecule has 2 saturated heterocycles. The molecule has 2 aliphatic rings. The summed E-state index contributed by atoms with van der Waals surface area (Å²) in [5.41, 5.74) is 8.36. The summed E-state index contributed by atoms with van der Waals surface area (Å²) in [5, 5.41) is 3.34. The molecule has 34 heavy (non-hydrogen) atoms. The summed E-state index contributed by atoms with van der Waals surface area (Å²) < 4.78 is 10.8. The Labute approximate surface area is 197 Å². The molecule has 1 unspecified atom stereocenters. The first kappa shape index (κ1) is 22.1. The first-order valence-electron chi connectivity index (χ1n) is 11.4. The first-order valence-corrected chi connectivity index (χ1v) is 11.4. The third-order valence-corrected chi connectivity index (χ3v) is 6.30. The molecular formula is C23H28N8O3. The molecule has 1 amide bonds. The van der Waals surface area contributed by atoms with E-state index in [-0.39, 0.29) is 11.9 Å². The number of hydrogen-bond donors (Lipinski definition) is 2. The number of hydrogen-bond acceptors (Lipinski definition) is 10. The van der Waals surface area contributed by atoms with Crippen LogP contribution in [0.4, 0.5) is 11.8 Å². The largest absolute Gasteiger partial charge is 0.493 e. The van der Waals surface area contributed by atoms with E-state index >= 15 is 0 Å². The van der Waals surface area contributed by atoms with E-state index in [0.717, 1.165) is 38.0 Å². The number of nitrogen functional groups attached to an aromatic ring is 1. The Kier molecular flexibility index (Phi) is 6.01. The van der Waals surface area contributed by atoms with Gasteiger partial charge in [0.15, 0.2) is 28.5 Å². The van der Waals surface area contributed by atoms with Crippen molar-refractivity contribution in [2.45, 2.75) is 18.9 Å². The number of anilines is 2. The van der Waals surface area contributed by atoms with Crippen LogP contribution in [0.5, 0.6) is 11.5 Å². The molecule has 5 rings (SSSR count). The van der Waals surface area contributed by atoms with Gasteiger partial charge in [0.1, 0.15) is 6.04 Å². The number of amides is 1. The van der Waals surface area contributed by atoms with Gasteiger partial charge in [-0.05, 0) is 31.0 Å². The summed E-state index contributed by atoms with van der Waals surface area (Å²) >= 11 is 0. The maximum absolute atomic E-state index is 13.3. The Balaban J connectivity index is 1.58. The van der Waals surface area contributed by atoms with Crippen molar-refractivity contribution in [3.63, 3.8) is 0 Å². The van der Waals surface area contributed by atoms with Gasteiger partial charge >= 0.3 is 0 Å². The number of piperazine rings is 1. The lowest BCUT2D eigenvalue weighted by molar-refractivity contribution is -0.131. The molecule has 178 valence electrons. The quantitative estimate of drug-likeness (QED) is 0.565. The van der Waals surface area contributed by atoms with Crippen molar-refractivity contribution in [2.75, 3.05) is 57.6 Å². The molecule has 3 aromatic rings. The zero-order valence-corrected chi connectivity index (χ0v) is 19.3. The van der Waals surface area contributed by atoms with E-state index in [1.54, 1.807) is 20.4 Å². The minimum atomic E-state index is -0.393. The van der Waals surface area contributed by atoms with Gasteiger partial charge in [0, 0.05) is 38.3 Å². The van der Waals surface area contributed by atoms with E-state index in [1.807, 2.05) is 28.0 Å². The van der Waals surface area contributed by atoms with Crippen molar-refractivity contribution < 1.29 is 14.3 Å². The van der Waals surface area contributed by atoms with Crippen LogP contribution in [0, 0.1) is 0 Å². The molecule has 0 bridgehead atoms. The molecule has 1 atom stereocenters. The molecule has 1 aromatic carbocycles. The molecule has 0 radical (unpaired) electrons. The summed E-state index contributed by atoms with van der Waals surface area (Å²) in [6.07, 6.45) is 3.72. The first-order chi connectivity index (χ1) is 16.6. The number of nitrogens with zero attached hydrogens (tertiary/aromatic N) is 6. The SMILES string of the molecule is COc1ccc(-c2cnc3nc(N)nc(N4CCNCC4C(=O)N4CCCC4)c3n2)cc1OC. The lowest BCUT2D eigenvalue weighted by atomic mass is 10.1. The molecule has 0 aliphatic carbocycles. The number of nitrogens with one attached hydrogen (secondary N) is 1. The van der Waals surface area contributed by atoms with Crippen LogP contribution in [-0.2, 0) is 4.79 Å². The second-order valence-electron chi connectivity index (χ2n) is 8.35. The monoisotopic (exact) mass is 464 g/mol. The molecule has 4 heterocycles. The number of likely N-dealkylation sites (tertiary alicyclic amines) is 1. The normalized spacial score (nSPS) is 18.4. The van der Waals surface area contributed by atoms with Crippen LogP contribution in [0.1, 0.15) is 12.8 Å². The average molecular weight is 465 g/mol. The van der Waals surface area contributed by atoms with Gasteiger partial charge in [-0.15, -0.1) is 0 Å². The molecule has 2 aliphatic heterocycles. The van der Waals surface area contributed by atoms with Crippen LogP contribution >= 0.6 is 0 Å². The van der Waals surface area contributed by atoms with E-state index in [0.29, 0.717) is 47.3 Å². The summed E-state index contributed by atoms with van der Waals surface area (Å²) in [4.78, 5) is 35.4. The van der Waals surface area contributed by atoms with Crippen molar-refractivity contribution in [3.05, 3.63) is 24.4 Å². The minimum absolute atomic E-state index is 0.0963. The minimum Gasteiger partial charge on any atom is -0.493 e. The number of rotatable bonds is 5. The number of methoxy groups -OCH3 is 2. The van der Waals surface area contributed by atoms with Crippen molar-refractivity contribution >= 4 is 28.8 Å². The third kappa shape index (κ3) is 4.03. The van der Waals surface area contributed by atoms with E-state index in [9.17, 15) is 4.79 Å². The number of carbonyl (C=O) groups excluding carboxylic acids is 1. The van der Waals surface area contributed by atoms with Crippen LogP contribution in [0.25, 0.3) is 22.4 Å². The van der Waals surface area contributed by atoms with Gasteiger partial charge in [-0.3, -0.25) is 4.79 Å². The Hall–Kier alpha value is -3.73. The lowest BCUT2D eigenvalue weighted by Crippen LogP contribution is -2.58. The summed E-state index contributed by atoms with van der Waals surface area (Å²) in [7, 11) is 3.18. The van der Waals surface area contributed by atoms with Gasteiger partial charge in [-0.1, -0.05) is 0 Å². The highest BCUT2D eigenvalue weighted by atomic mass is 16.5. The number of nitrogens with two attached hydrogens (primary N) is 1. The van der Waals surface area contributed by atoms with Crippen LogP contribution in [-0.4, -0.2) is 83.7 Å².